The van der Waals surface area contributed by atoms with Gasteiger partial charge in [-0.25, -0.2) is 9.97 Å². The predicted molar refractivity (Wildman–Crippen MR) is 81.9 cm³/mol. The first-order chi connectivity index (χ1) is 10.0. The molecule has 3 rings (SSSR count). The number of imidazole rings is 1. The summed E-state index contributed by atoms with van der Waals surface area (Å²) in [4.78, 5) is 15.7. The van der Waals surface area contributed by atoms with E-state index in [1.807, 2.05) is 24.8 Å². The molecule has 0 bridgehead atoms. The van der Waals surface area contributed by atoms with Gasteiger partial charge in [0.2, 0.25) is 0 Å². The summed E-state index contributed by atoms with van der Waals surface area (Å²) >= 11 is 0. The zero-order chi connectivity index (χ0) is 14.9. The Morgan fingerprint density at radius 2 is 2.10 bits per heavy atom. The Bertz CT molecular complexity index is 613. The number of hydrogen-bond acceptors (Lipinski definition) is 5. The van der Waals surface area contributed by atoms with Crippen molar-refractivity contribution in [2.45, 2.75) is 45.9 Å². The van der Waals surface area contributed by atoms with Gasteiger partial charge in [0.1, 0.15) is 11.6 Å². The summed E-state index contributed by atoms with van der Waals surface area (Å²) in [7, 11) is 0. The molecular formula is C15H22N6. The van der Waals surface area contributed by atoms with Gasteiger partial charge in [-0.3, -0.25) is 4.98 Å². The largest absolute Gasteiger partial charge is 0.346 e. The molecule has 1 N–H and O–H groups in total. The number of nitrogens with one attached hydrogen (secondary N) is 1. The van der Waals surface area contributed by atoms with Gasteiger partial charge in [-0.05, 0) is 20.8 Å². The molecule has 6 nitrogen and oxygen atoms in total. The topological polar surface area (TPSA) is 58.9 Å². The Hall–Kier alpha value is -1.95. The lowest BCUT2D eigenvalue weighted by Crippen LogP contribution is -2.36. The molecule has 0 atom stereocenters. The van der Waals surface area contributed by atoms with Gasteiger partial charge in [0.25, 0.3) is 0 Å². The van der Waals surface area contributed by atoms with Gasteiger partial charge in [0.05, 0.1) is 18.4 Å². The SMILES string of the molecule is CC(C)(C)NCc1cncc(N2CCn3ccnc3C2)n1. The lowest BCUT2D eigenvalue weighted by Gasteiger charge is -2.28. The average Bonchev–Trinajstić information content (AvgIpc) is 2.92. The molecule has 0 radical (unpaired) electrons. The van der Waals surface area contributed by atoms with E-state index < -0.39 is 0 Å². The minimum Gasteiger partial charge on any atom is -0.346 e. The van der Waals surface area contributed by atoms with E-state index in [0.717, 1.165) is 43.5 Å². The van der Waals surface area contributed by atoms with E-state index in [0.29, 0.717) is 0 Å². The van der Waals surface area contributed by atoms with Gasteiger partial charge in [0, 0.05) is 43.8 Å². The number of fused-ring (bicyclic) bond motifs is 1. The first-order valence-electron chi connectivity index (χ1n) is 7.32. The molecule has 0 unspecified atom stereocenters. The molecule has 0 saturated heterocycles. The van der Waals surface area contributed by atoms with Crippen molar-refractivity contribution in [1.29, 1.82) is 0 Å². The molecule has 0 fully saturated rings. The van der Waals surface area contributed by atoms with Crippen molar-refractivity contribution < 1.29 is 0 Å². The van der Waals surface area contributed by atoms with Crippen molar-refractivity contribution in [2.24, 2.45) is 0 Å². The maximum Gasteiger partial charge on any atom is 0.147 e. The zero-order valence-corrected chi connectivity index (χ0v) is 12.9. The summed E-state index contributed by atoms with van der Waals surface area (Å²) in [6, 6.07) is 0. The second kappa shape index (κ2) is 5.44. The van der Waals surface area contributed by atoms with Crippen LogP contribution in [0.15, 0.2) is 24.8 Å². The molecule has 2 aromatic rings. The van der Waals surface area contributed by atoms with Gasteiger partial charge < -0.3 is 14.8 Å². The molecule has 2 aromatic heterocycles. The third-order valence-corrected chi connectivity index (χ3v) is 3.54. The van der Waals surface area contributed by atoms with Crippen molar-refractivity contribution >= 4 is 5.82 Å². The summed E-state index contributed by atoms with van der Waals surface area (Å²) in [5.41, 5.74) is 1.05. The van der Waals surface area contributed by atoms with Gasteiger partial charge in [-0.2, -0.15) is 0 Å². The van der Waals surface area contributed by atoms with Crippen molar-refractivity contribution in [3.05, 3.63) is 36.3 Å². The quantitative estimate of drug-likeness (QED) is 0.928. The summed E-state index contributed by atoms with van der Waals surface area (Å²) < 4.78 is 2.19. The molecule has 3 heterocycles. The predicted octanol–water partition coefficient (Wildman–Crippen LogP) is 1.58. The molecular weight excluding hydrogens is 264 g/mol. The summed E-state index contributed by atoms with van der Waals surface area (Å²) in [5.74, 6) is 2.01. The molecule has 0 aliphatic carbocycles. The Labute approximate surface area is 125 Å². The van der Waals surface area contributed by atoms with Gasteiger partial charge >= 0.3 is 0 Å². The lowest BCUT2D eigenvalue weighted by atomic mass is 10.1. The van der Waals surface area contributed by atoms with Crippen molar-refractivity contribution in [1.82, 2.24) is 24.8 Å². The van der Waals surface area contributed by atoms with Crippen LogP contribution in [0.25, 0.3) is 0 Å². The van der Waals surface area contributed by atoms with Crippen LogP contribution in [-0.4, -0.2) is 31.6 Å². The normalized spacial score (nSPS) is 15.1. The Balaban J connectivity index is 1.72. The highest BCUT2D eigenvalue weighted by Gasteiger charge is 2.18. The summed E-state index contributed by atoms with van der Waals surface area (Å²) in [6.07, 6.45) is 7.54. The third kappa shape index (κ3) is 3.39. The first-order valence-corrected chi connectivity index (χ1v) is 7.32. The molecule has 6 heteroatoms. The van der Waals surface area contributed by atoms with E-state index in [4.69, 9.17) is 4.98 Å². The van der Waals surface area contributed by atoms with Crippen LogP contribution in [0.4, 0.5) is 5.82 Å². The highest BCUT2D eigenvalue weighted by molar-refractivity contribution is 5.37. The van der Waals surface area contributed by atoms with E-state index in [-0.39, 0.29) is 5.54 Å². The van der Waals surface area contributed by atoms with E-state index >= 15 is 0 Å². The number of rotatable bonds is 3. The van der Waals surface area contributed by atoms with E-state index in [1.165, 1.54) is 0 Å². The molecule has 1 aliphatic heterocycles. The number of nitrogens with zero attached hydrogens (tertiary/aromatic N) is 5. The molecule has 1 aliphatic rings. The fourth-order valence-corrected chi connectivity index (χ4v) is 2.36. The van der Waals surface area contributed by atoms with Gasteiger partial charge in [-0.1, -0.05) is 0 Å². The van der Waals surface area contributed by atoms with Crippen molar-refractivity contribution in [2.75, 3.05) is 11.4 Å². The van der Waals surface area contributed by atoms with Crippen LogP contribution in [0.5, 0.6) is 0 Å². The van der Waals surface area contributed by atoms with E-state index in [9.17, 15) is 0 Å². The van der Waals surface area contributed by atoms with Crippen LogP contribution in [0.2, 0.25) is 0 Å². The van der Waals surface area contributed by atoms with Crippen LogP contribution < -0.4 is 10.2 Å². The zero-order valence-electron chi connectivity index (χ0n) is 12.9. The maximum absolute atomic E-state index is 4.72. The Morgan fingerprint density at radius 1 is 1.24 bits per heavy atom. The standard InChI is InChI=1S/C15H22N6/c1-15(2,3)18-9-12-8-16-10-13(19-12)21-7-6-20-5-4-17-14(20)11-21/h4-5,8,10,18H,6-7,9,11H2,1-3H3. The van der Waals surface area contributed by atoms with E-state index in [1.54, 1.807) is 0 Å². The molecule has 0 amide bonds. The minimum absolute atomic E-state index is 0.0769. The monoisotopic (exact) mass is 286 g/mol. The van der Waals surface area contributed by atoms with E-state index in [2.05, 4.69) is 45.5 Å². The van der Waals surface area contributed by atoms with Crippen molar-refractivity contribution in [3.8, 4) is 0 Å². The molecule has 0 saturated carbocycles. The first kappa shape index (κ1) is 14.0. The fourth-order valence-electron chi connectivity index (χ4n) is 2.36. The second-order valence-corrected chi connectivity index (χ2v) is 6.43. The van der Waals surface area contributed by atoms with Crippen LogP contribution in [0.3, 0.4) is 0 Å². The smallest absolute Gasteiger partial charge is 0.147 e. The average molecular weight is 286 g/mol. The maximum atomic E-state index is 4.72. The lowest BCUT2D eigenvalue weighted by molar-refractivity contribution is 0.420. The summed E-state index contributed by atoms with van der Waals surface area (Å²) in [6.45, 7) is 9.85. The van der Waals surface area contributed by atoms with Crippen LogP contribution in [0.1, 0.15) is 32.3 Å². The van der Waals surface area contributed by atoms with Crippen LogP contribution in [-0.2, 0) is 19.6 Å². The number of anilines is 1. The Kier molecular flexibility index (Phi) is 3.63. The van der Waals surface area contributed by atoms with Crippen LogP contribution >= 0.6 is 0 Å². The van der Waals surface area contributed by atoms with Crippen molar-refractivity contribution in [3.63, 3.8) is 0 Å². The highest BCUT2D eigenvalue weighted by atomic mass is 15.3. The van der Waals surface area contributed by atoms with Gasteiger partial charge in [-0.15, -0.1) is 0 Å². The number of hydrogen-bond donors (Lipinski definition) is 1. The molecule has 21 heavy (non-hydrogen) atoms. The molecule has 0 aromatic carbocycles. The number of aromatic nitrogens is 4. The summed E-state index contributed by atoms with van der Waals surface area (Å²) in [5, 5.41) is 3.44. The Morgan fingerprint density at radius 3 is 2.90 bits per heavy atom. The highest BCUT2D eigenvalue weighted by Crippen LogP contribution is 2.17. The third-order valence-electron chi connectivity index (χ3n) is 3.54. The van der Waals surface area contributed by atoms with Gasteiger partial charge in [0.15, 0.2) is 0 Å². The minimum atomic E-state index is 0.0769. The fraction of sp³-hybridized carbons (Fsp3) is 0.533. The molecule has 0 spiro atoms. The van der Waals surface area contributed by atoms with Crippen LogP contribution in [0, 0.1) is 0 Å². The molecule has 112 valence electrons. The second-order valence-electron chi connectivity index (χ2n) is 6.43.